The summed E-state index contributed by atoms with van der Waals surface area (Å²) in [7, 11) is 1.57. The lowest BCUT2D eigenvalue weighted by molar-refractivity contribution is 0.0970. The third kappa shape index (κ3) is 4.83. The molecule has 5 nitrogen and oxygen atoms in total. The number of aryl methyl sites for hydroxylation is 2. The van der Waals surface area contributed by atoms with Crippen LogP contribution >= 0.6 is 0 Å². The summed E-state index contributed by atoms with van der Waals surface area (Å²) in [6.07, 6.45) is 2.64. The number of aromatic nitrogens is 2. The molecule has 1 aliphatic rings. The van der Waals surface area contributed by atoms with Crippen molar-refractivity contribution in [2.24, 2.45) is 7.05 Å². The minimum atomic E-state index is -0.222. The zero-order chi connectivity index (χ0) is 21.8. The van der Waals surface area contributed by atoms with Gasteiger partial charge in [-0.05, 0) is 67.1 Å². The van der Waals surface area contributed by atoms with Crippen LogP contribution in [-0.2, 0) is 7.05 Å². The predicted molar refractivity (Wildman–Crippen MR) is 123 cm³/mol. The summed E-state index contributed by atoms with van der Waals surface area (Å²) in [5, 5.41) is 7.58. The summed E-state index contributed by atoms with van der Waals surface area (Å²) >= 11 is 0. The van der Waals surface area contributed by atoms with E-state index in [1.54, 1.807) is 7.05 Å². The number of carbonyl (C=O) groups excluding carboxylic acids is 1. The molecule has 5 heteroatoms. The minimum Gasteiger partial charge on any atom is -0.317 e. The second kappa shape index (κ2) is 9.40. The zero-order valence-electron chi connectivity index (χ0n) is 18.2. The van der Waals surface area contributed by atoms with E-state index < -0.39 is 0 Å². The number of nitrogens with one attached hydrogen (secondary N) is 1. The number of hydrogen-bond acceptors (Lipinski definition) is 4. The van der Waals surface area contributed by atoms with Gasteiger partial charge in [-0.2, -0.15) is 5.10 Å². The lowest BCUT2D eigenvalue weighted by Gasteiger charge is -2.24. The number of piperidine rings is 1. The average Bonchev–Trinajstić information content (AvgIpc) is 2.80. The summed E-state index contributed by atoms with van der Waals surface area (Å²) < 4.78 is 1.21. The topological polar surface area (TPSA) is 64.0 Å². The second-order valence-electron chi connectivity index (χ2n) is 8.41. The van der Waals surface area contributed by atoms with E-state index in [1.807, 2.05) is 12.1 Å². The fourth-order valence-corrected chi connectivity index (χ4v) is 4.48. The van der Waals surface area contributed by atoms with Gasteiger partial charge in [-0.3, -0.25) is 9.59 Å². The molecule has 0 unspecified atom stereocenters. The molecule has 1 fully saturated rings. The third-order valence-corrected chi connectivity index (χ3v) is 6.35. The van der Waals surface area contributed by atoms with Crippen LogP contribution in [0.25, 0.3) is 0 Å². The summed E-state index contributed by atoms with van der Waals surface area (Å²) in [5.41, 5.74) is 4.92. The molecule has 31 heavy (non-hydrogen) atoms. The van der Waals surface area contributed by atoms with Crippen LogP contribution in [0, 0.1) is 6.92 Å². The molecule has 0 aliphatic carbocycles. The molecule has 2 aromatic carbocycles. The van der Waals surface area contributed by atoms with E-state index in [0.29, 0.717) is 18.0 Å². The average molecular weight is 416 g/mol. The van der Waals surface area contributed by atoms with Crippen molar-refractivity contribution in [3.05, 3.63) is 99.0 Å². The zero-order valence-corrected chi connectivity index (χ0v) is 18.2. The molecule has 1 N–H and O–H groups in total. The van der Waals surface area contributed by atoms with E-state index in [1.165, 1.54) is 22.4 Å². The number of rotatable bonds is 6. The van der Waals surface area contributed by atoms with Crippen molar-refractivity contribution >= 4 is 5.78 Å². The summed E-state index contributed by atoms with van der Waals surface area (Å²) in [6.45, 7) is 4.22. The maximum Gasteiger partial charge on any atom is 0.266 e. The van der Waals surface area contributed by atoms with Gasteiger partial charge in [0.15, 0.2) is 5.78 Å². The van der Waals surface area contributed by atoms with Gasteiger partial charge in [-0.1, -0.05) is 48.5 Å². The first kappa shape index (κ1) is 21.2. The Hall–Kier alpha value is -3.05. The summed E-state index contributed by atoms with van der Waals surface area (Å²) in [5.74, 6) is 0.477. The number of hydrogen-bond donors (Lipinski definition) is 1. The third-order valence-electron chi connectivity index (χ3n) is 6.35. The molecule has 0 radical (unpaired) electrons. The molecule has 2 heterocycles. The van der Waals surface area contributed by atoms with E-state index in [-0.39, 0.29) is 17.3 Å². The highest BCUT2D eigenvalue weighted by atomic mass is 16.1. The van der Waals surface area contributed by atoms with Gasteiger partial charge in [-0.25, -0.2) is 4.68 Å². The Morgan fingerprint density at radius 1 is 1.06 bits per heavy atom. The highest BCUT2D eigenvalue weighted by Gasteiger charge is 2.23. The number of benzene rings is 2. The Bertz CT molecular complexity index is 1110. The van der Waals surface area contributed by atoms with Crippen LogP contribution in [0.1, 0.15) is 63.8 Å². The Balaban J connectivity index is 1.64. The normalized spacial score (nSPS) is 15.5. The SMILES string of the molecule is Cc1ccccc1[C@H](CC(=O)c1ccc(=O)n(C)n1)c1ccc(C2CCNCC2)cc1. The number of ketones is 1. The quantitative estimate of drug-likeness (QED) is 0.619. The van der Waals surface area contributed by atoms with Gasteiger partial charge in [0.25, 0.3) is 5.56 Å². The van der Waals surface area contributed by atoms with E-state index >= 15 is 0 Å². The minimum absolute atomic E-state index is 0.0604. The molecule has 0 spiro atoms. The van der Waals surface area contributed by atoms with Crippen LogP contribution in [0.3, 0.4) is 0 Å². The van der Waals surface area contributed by atoms with Crippen molar-refractivity contribution < 1.29 is 4.79 Å². The van der Waals surface area contributed by atoms with Crippen LogP contribution in [0.4, 0.5) is 0 Å². The summed E-state index contributed by atoms with van der Waals surface area (Å²) in [4.78, 5) is 24.8. The van der Waals surface area contributed by atoms with E-state index in [2.05, 4.69) is 53.7 Å². The molecule has 1 atom stereocenters. The summed E-state index contributed by atoms with van der Waals surface area (Å²) in [6, 6.07) is 20.0. The monoisotopic (exact) mass is 415 g/mol. The molecular formula is C26H29N3O2. The van der Waals surface area contributed by atoms with Gasteiger partial charge in [0.05, 0.1) is 0 Å². The van der Waals surface area contributed by atoms with Crippen LogP contribution in [0.2, 0.25) is 0 Å². The van der Waals surface area contributed by atoms with Gasteiger partial charge >= 0.3 is 0 Å². The Morgan fingerprint density at radius 2 is 1.77 bits per heavy atom. The van der Waals surface area contributed by atoms with Crippen LogP contribution < -0.4 is 10.9 Å². The molecule has 4 rings (SSSR count). The lowest BCUT2D eigenvalue weighted by Crippen LogP contribution is -2.26. The van der Waals surface area contributed by atoms with Gasteiger partial charge in [0, 0.05) is 25.5 Å². The van der Waals surface area contributed by atoms with Gasteiger partial charge in [0.1, 0.15) is 5.69 Å². The van der Waals surface area contributed by atoms with Gasteiger partial charge in [-0.15, -0.1) is 0 Å². The van der Waals surface area contributed by atoms with E-state index in [9.17, 15) is 9.59 Å². The van der Waals surface area contributed by atoms with Crippen molar-refractivity contribution in [2.75, 3.05) is 13.1 Å². The maximum atomic E-state index is 13.1. The number of nitrogens with zero attached hydrogens (tertiary/aromatic N) is 2. The van der Waals surface area contributed by atoms with Gasteiger partial charge in [0.2, 0.25) is 0 Å². The highest BCUT2D eigenvalue weighted by molar-refractivity contribution is 5.94. The fraction of sp³-hybridized carbons (Fsp3) is 0.346. The standard InChI is InChI=1S/C26H29N3O2/c1-18-5-3-4-6-22(18)23(17-25(30)24-11-12-26(31)29(2)28-24)21-9-7-19(8-10-21)20-13-15-27-16-14-20/h3-12,20,23,27H,13-17H2,1-2H3/t23-/m1/s1. The van der Waals surface area contributed by atoms with Crippen molar-refractivity contribution in [1.82, 2.24) is 15.1 Å². The number of carbonyl (C=O) groups is 1. The largest absolute Gasteiger partial charge is 0.317 e. The second-order valence-corrected chi connectivity index (χ2v) is 8.41. The Kier molecular flexibility index (Phi) is 6.42. The van der Waals surface area contributed by atoms with Gasteiger partial charge < -0.3 is 5.32 Å². The maximum absolute atomic E-state index is 13.1. The van der Waals surface area contributed by atoms with E-state index in [4.69, 9.17) is 0 Å². The first-order valence-corrected chi connectivity index (χ1v) is 11.0. The molecule has 1 saturated heterocycles. The van der Waals surface area contributed by atoms with E-state index in [0.717, 1.165) is 42.6 Å². The van der Waals surface area contributed by atoms with Crippen LogP contribution in [0.15, 0.2) is 65.5 Å². The Labute approximate surface area is 183 Å². The molecule has 3 aromatic rings. The van der Waals surface area contributed by atoms with Crippen molar-refractivity contribution in [3.8, 4) is 0 Å². The number of Topliss-reactive ketones (excluding diaryl/α,β-unsaturated/α-hetero) is 1. The van der Waals surface area contributed by atoms with Crippen LogP contribution in [0.5, 0.6) is 0 Å². The first-order valence-electron chi connectivity index (χ1n) is 11.0. The molecule has 160 valence electrons. The molecular weight excluding hydrogens is 386 g/mol. The van der Waals surface area contributed by atoms with Crippen molar-refractivity contribution in [2.45, 2.75) is 38.0 Å². The molecule has 0 bridgehead atoms. The molecule has 0 amide bonds. The lowest BCUT2D eigenvalue weighted by atomic mass is 9.82. The molecule has 0 saturated carbocycles. The molecule has 1 aliphatic heterocycles. The first-order chi connectivity index (χ1) is 15.0. The smallest absolute Gasteiger partial charge is 0.266 e. The van der Waals surface area contributed by atoms with Crippen molar-refractivity contribution in [3.63, 3.8) is 0 Å². The van der Waals surface area contributed by atoms with Crippen molar-refractivity contribution in [1.29, 1.82) is 0 Å². The molecule has 1 aromatic heterocycles. The highest BCUT2D eigenvalue weighted by Crippen LogP contribution is 2.33. The Morgan fingerprint density at radius 3 is 2.45 bits per heavy atom. The predicted octanol–water partition coefficient (Wildman–Crippen LogP) is 3.96. The van der Waals surface area contributed by atoms with Crippen LogP contribution in [-0.4, -0.2) is 28.7 Å². The fourth-order valence-electron chi connectivity index (χ4n) is 4.48.